The quantitative estimate of drug-likeness (QED) is 0.399. The second kappa shape index (κ2) is 7.10. The summed E-state index contributed by atoms with van der Waals surface area (Å²) < 4.78 is 0.896. The summed E-state index contributed by atoms with van der Waals surface area (Å²) in [5.74, 6) is 1.13. The number of carbonyl (C=O) groups is 1. The molecule has 3 rings (SSSR count). The van der Waals surface area contributed by atoms with Crippen molar-refractivity contribution < 1.29 is 4.79 Å². The lowest BCUT2D eigenvalue weighted by Gasteiger charge is -2.07. The zero-order valence-corrected chi connectivity index (χ0v) is 14.8. The monoisotopic (exact) mass is 387 g/mol. The van der Waals surface area contributed by atoms with E-state index in [9.17, 15) is 4.79 Å². The van der Waals surface area contributed by atoms with Crippen molar-refractivity contribution in [1.82, 2.24) is 9.97 Å². The van der Waals surface area contributed by atoms with Gasteiger partial charge in [0.25, 0.3) is 0 Å². The predicted molar refractivity (Wildman–Crippen MR) is 98.3 cm³/mol. The molecule has 0 fully saturated rings. The van der Waals surface area contributed by atoms with Crippen molar-refractivity contribution in [2.24, 2.45) is 0 Å². The van der Waals surface area contributed by atoms with Crippen LogP contribution in [0, 0.1) is 0 Å². The molecule has 0 atom stereocenters. The summed E-state index contributed by atoms with van der Waals surface area (Å²) in [5, 5.41) is 4.65. The number of nitrogens with one attached hydrogen (secondary N) is 1. The summed E-state index contributed by atoms with van der Waals surface area (Å²) >= 11 is 4.73. The average Bonchev–Trinajstić information content (AvgIpc) is 2.58. The van der Waals surface area contributed by atoms with Crippen LogP contribution in [0.15, 0.2) is 58.2 Å². The fourth-order valence-electron chi connectivity index (χ4n) is 2.19. The van der Waals surface area contributed by atoms with E-state index in [-0.39, 0.29) is 5.78 Å². The van der Waals surface area contributed by atoms with Crippen LogP contribution in [0.4, 0.5) is 5.82 Å². The Kier molecular flexibility index (Phi) is 4.93. The van der Waals surface area contributed by atoms with Crippen LogP contribution in [-0.2, 0) is 0 Å². The highest BCUT2D eigenvalue weighted by Crippen LogP contribution is 2.24. The van der Waals surface area contributed by atoms with Gasteiger partial charge in [-0.05, 0) is 24.3 Å². The molecule has 1 N–H and O–H groups in total. The lowest BCUT2D eigenvalue weighted by molar-refractivity contribution is 0.102. The van der Waals surface area contributed by atoms with E-state index in [0.29, 0.717) is 16.5 Å². The summed E-state index contributed by atoms with van der Waals surface area (Å²) in [5.41, 5.74) is 1.55. The molecule has 1 aromatic heterocycles. The number of thioether (sulfide) groups is 1. The maximum atomic E-state index is 12.3. The smallest absolute Gasteiger partial charge is 0.190 e. The topological polar surface area (TPSA) is 54.9 Å². The molecule has 4 nitrogen and oxygen atoms in total. The number of aromatic nitrogens is 2. The van der Waals surface area contributed by atoms with Crippen molar-refractivity contribution in [3.8, 4) is 0 Å². The Hall–Kier alpha value is -1.92. The number of benzene rings is 2. The third-order valence-corrected chi connectivity index (χ3v) is 4.64. The summed E-state index contributed by atoms with van der Waals surface area (Å²) in [6.07, 6.45) is 0. The standard InChI is InChI=1S/C17H14BrN3OS/c1-19-16-13-7-2-3-8-14(13)20-17(21-16)23-10-15(22)11-5-4-6-12(18)9-11/h2-9H,10H2,1H3,(H,19,20,21). The van der Waals surface area contributed by atoms with Crippen LogP contribution < -0.4 is 5.32 Å². The molecule has 3 aromatic rings. The Morgan fingerprint density at radius 2 is 2.00 bits per heavy atom. The predicted octanol–water partition coefficient (Wildman–Crippen LogP) is 4.41. The van der Waals surface area contributed by atoms with Crippen LogP contribution in [0.1, 0.15) is 10.4 Å². The van der Waals surface area contributed by atoms with Gasteiger partial charge in [0.05, 0.1) is 11.3 Å². The molecule has 0 saturated carbocycles. The van der Waals surface area contributed by atoms with Gasteiger partial charge in [-0.25, -0.2) is 9.97 Å². The van der Waals surface area contributed by atoms with E-state index < -0.39 is 0 Å². The number of nitrogens with zero attached hydrogens (tertiary/aromatic N) is 2. The molecule has 0 bridgehead atoms. The first-order valence-electron chi connectivity index (χ1n) is 7.03. The van der Waals surface area contributed by atoms with Crippen molar-refractivity contribution in [2.45, 2.75) is 5.16 Å². The van der Waals surface area contributed by atoms with Crippen molar-refractivity contribution in [3.05, 3.63) is 58.6 Å². The van der Waals surface area contributed by atoms with Crippen LogP contribution in [0.25, 0.3) is 10.9 Å². The molecule has 0 spiro atoms. The molecule has 0 radical (unpaired) electrons. The second-order valence-corrected chi connectivity index (χ2v) is 6.70. The maximum absolute atomic E-state index is 12.3. The number of halogens is 1. The SMILES string of the molecule is CNc1nc(SCC(=O)c2cccc(Br)c2)nc2ccccc12. The second-order valence-electron chi connectivity index (χ2n) is 4.84. The lowest BCUT2D eigenvalue weighted by Crippen LogP contribution is -2.04. The minimum atomic E-state index is 0.0547. The molecule has 23 heavy (non-hydrogen) atoms. The van der Waals surface area contributed by atoms with E-state index in [2.05, 4.69) is 31.2 Å². The zero-order chi connectivity index (χ0) is 16.2. The number of ketones is 1. The first-order valence-corrected chi connectivity index (χ1v) is 8.81. The Bertz CT molecular complexity index is 869. The van der Waals surface area contributed by atoms with Gasteiger partial charge in [-0.2, -0.15) is 0 Å². The number of para-hydroxylation sites is 1. The van der Waals surface area contributed by atoms with Gasteiger partial charge in [0.2, 0.25) is 0 Å². The van der Waals surface area contributed by atoms with E-state index in [1.807, 2.05) is 55.6 Å². The van der Waals surface area contributed by atoms with Gasteiger partial charge in [-0.15, -0.1) is 0 Å². The average molecular weight is 388 g/mol. The molecule has 2 aromatic carbocycles. The molecule has 0 unspecified atom stereocenters. The van der Waals surface area contributed by atoms with Crippen molar-refractivity contribution in [3.63, 3.8) is 0 Å². The van der Waals surface area contributed by atoms with Crippen LogP contribution in [-0.4, -0.2) is 28.6 Å². The summed E-state index contributed by atoms with van der Waals surface area (Å²) in [6, 6.07) is 15.2. The molecule has 0 aliphatic heterocycles. The number of hydrogen-bond acceptors (Lipinski definition) is 5. The van der Waals surface area contributed by atoms with Crippen LogP contribution in [0.5, 0.6) is 0 Å². The lowest BCUT2D eigenvalue weighted by atomic mass is 10.2. The summed E-state index contributed by atoms with van der Waals surface area (Å²) in [6.45, 7) is 0. The number of anilines is 1. The number of carbonyl (C=O) groups excluding carboxylic acids is 1. The molecule has 0 aliphatic rings. The van der Waals surface area contributed by atoms with Crippen molar-refractivity contribution in [1.29, 1.82) is 0 Å². The molecule has 0 amide bonds. The largest absolute Gasteiger partial charge is 0.372 e. The van der Waals surface area contributed by atoms with Gasteiger partial charge in [-0.1, -0.05) is 52.0 Å². The van der Waals surface area contributed by atoms with E-state index >= 15 is 0 Å². The molecule has 6 heteroatoms. The third kappa shape index (κ3) is 3.71. The maximum Gasteiger partial charge on any atom is 0.190 e. The van der Waals surface area contributed by atoms with Gasteiger partial charge >= 0.3 is 0 Å². The summed E-state index contributed by atoms with van der Waals surface area (Å²) in [4.78, 5) is 21.3. The fourth-order valence-corrected chi connectivity index (χ4v) is 3.33. The minimum absolute atomic E-state index is 0.0547. The van der Waals surface area contributed by atoms with Gasteiger partial charge in [0.1, 0.15) is 5.82 Å². The number of Topliss-reactive ketones (excluding diaryl/α,β-unsaturated/α-hetero) is 1. The molecule has 116 valence electrons. The van der Waals surface area contributed by atoms with Gasteiger partial charge in [0.15, 0.2) is 10.9 Å². The summed E-state index contributed by atoms with van der Waals surface area (Å²) in [7, 11) is 1.83. The normalized spacial score (nSPS) is 10.7. The first kappa shape index (κ1) is 16.0. The van der Waals surface area contributed by atoms with Gasteiger partial charge < -0.3 is 5.32 Å². The van der Waals surface area contributed by atoms with Crippen LogP contribution in [0.3, 0.4) is 0 Å². The van der Waals surface area contributed by atoms with Gasteiger partial charge in [-0.3, -0.25) is 4.79 Å². The van der Waals surface area contributed by atoms with E-state index in [4.69, 9.17) is 0 Å². The number of hydrogen-bond donors (Lipinski definition) is 1. The molecule has 0 aliphatic carbocycles. The Morgan fingerprint density at radius 3 is 2.78 bits per heavy atom. The van der Waals surface area contributed by atoms with Crippen molar-refractivity contribution in [2.75, 3.05) is 18.1 Å². The highest BCUT2D eigenvalue weighted by molar-refractivity contribution is 9.10. The third-order valence-electron chi connectivity index (χ3n) is 3.30. The van der Waals surface area contributed by atoms with Crippen LogP contribution >= 0.6 is 27.7 Å². The highest BCUT2D eigenvalue weighted by Gasteiger charge is 2.11. The number of rotatable bonds is 5. The Balaban J connectivity index is 1.80. The van der Waals surface area contributed by atoms with E-state index in [1.54, 1.807) is 0 Å². The molecular weight excluding hydrogens is 374 g/mol. The van der Waals surface area contributed by atoms with E-state index in [0.717, 1.165) is 21.2 Å². The molecular formula is C17H14BrN3OS. The molecule has 0 saturated heterocycles. The van der Waals surface area contributed by atoms with E-state index in [1.165, 1.54) is 11.8 Å². The highest BCUT2D eigenvalue weighted by atomic mass is 79.9. The number of fused-ring (bicyclic) bond motifs is 1. The van der Waals surface area contributed by atoms with Crippen molar-refractivity contribution >= 4 is 50.2 Å². The van der Waals surface area contributed by atoms with Crippen LogP contribution in [0.2, 0.25) is 0 Å². The zero-order valence-electron chi connectivity index (χ0n) is 12.4. The molecule has 1 heterocycles. The fraction of sp³-hybridized carbons (Fsp3) is 0.118. The Labute approximate surface area is 146 Å². The Morgan fingerprint density at radius 1 is 1.17 bits per heavy atom. The first-order chi connectivity index (χ1) is 11.2. The van der Waals surface area contributed by atoms with Gasteiger partial charge in [0, 0.05) is 22.5 Å². The minimum Gasteiger partial charge on any atom is -0.372 e.